The second-order valence-corrected chi connectivity index (χ2v) is 7.15. The van der Waals surface area contributed by atoms with Gasteiger partial charge >= 0.3 is 5.63 Å². The van der Waals surface area contributed by atoms with Crippen LogP contribution >= 0.6 is 0 Å². The lowest BCUT2D eigenvalue weighted by Crippen LogP contribution is -2.53. The summed E-state index contributed by atoms with van der Waals surface area (Å²) in [7, 11) is 0. The first-order valence-electron chi connectivity index (χ1n) is 8.74. The van der Waals surface area contributed by atoms with Gasteiger partial charge in [-0.1, -0.05) is 0 Å². The van der Waals surface area contributed by atoms with Crippen molar-refractivity contribution in [3.8, 4) is 5.75 Å². The first-order chi connectivity index (χ1) is 12.0. The van der Waals surface area contributed by atoms with E-state index in [-0.39, 0.29) is 23.7 Å². The Kier molecular flexibility index (Phi) is 4.00. The molecule has 3 heterocycles. The number of benzene rings is 1. The summed E-state index contributed by atoms with van der Waals surface area (Å²) in [5.41, 5.74) is 0.867. The molecule has 2 aliphatic heterocycles. The summed E-state index contributed by atoms with van der Waals surface area (Å²) in [5, 5.41) is 4.03. The molecular formula is C19H22N2O4. The smallest absolute Gasteiger partial charge is 0.336 e. The largest absolute Gasteiger partial charge is 0.484 e. The number of fused-ring (bicyclic) bond motifs is 3. The lowest BCUT2D eigenvalue weighted by Gasteiger charge is -2.34. The molecule has 2 aromatic rings. The lowest BCUT2D eigenvalue weighted by atomic mass is 9.90. The zero-order valence-corrected chi connectivity index (χ0v) is 14.3. The third kappa shape index (κ3) is 3.26. The van der Waals surface area contributed by atoms with Crippen molar-refractivity contribution < 1.29 is 13.9 Å². The molecule has 2 bridgehead atoms. The number of carbonyl (C=O) groups is 1. The number of nitrogens with zero attached hydrogens (tertiary/aromatic N) is 1. The topological polar surface area (TPSA) is 71.8 Å². The number of ether oxygens (including phenoxy) is 1. The Labute approximate surface area is 145 Å². The Morgan fingerprint density at radius 2 is 2.20 bits per heavy atom. The number of carbonyl (C=O) groups excluding carboxylic acids is 1. The molecule has 2 atom stereocenters. The van der Waals surface area contributed by atoms with Crippen LogP contribution in [0.3, 0.4) is 0 Å². The Hall–Kier alpha value is -2.34. The van der Waals surface area contributed by atoms with Crippen LogP contribution in [0, 0.1) is 6.92 Å². The van der Waals surface area contributed by atoms with Crippen LogP contribution in [0.2, 0.25) is 0 Å². The van der Waals surface area contributed by atoms with E-state index in [9.17, 15) is 9.59 Å². The van der Waals surface area contributed by atoms with Gasteiger partial charge in [-0.25, -0.2) is 4.79 Å². The summed E-state index contributed by atoms with van der Waals surface area (Å²) in [5.74, 6) is 0.417. The van der Waals surface area contributed by atoms with Crippen LogP contribution in [0.1, 0.15) is 24.8 Å². The zero-order chi connectivity index (χ0) is 17.4. The van der Waals surface area contributed by atoms with Gasteiger partial charge in [0, 0.05) is 30.6 Å². The van der Waals surface area contributed by atoms with Gasteiger partial charge in [0.15, 0.2) is 6.61 Å². The van der Waals surface area contributed by atoms with Gasteiger partial charge in [0.25, 0.3) is 5.91 Å². The van der Waals surface area contributed by atoms with Crippen LogP contribution in [0.15, 0.2) is 33.5 Å². The van der Waals surface area contributed by atoms with Gasteiger partial charge in [-0.3, -0.25) is 4.79 Å². The number of piperidine rings is 1. The van der Waals surface area contributed by atoms with E-state index in [0.717, 1.165) is 49.8 Å². The highest BCUT2D eigenvalue weighted by molar-refractivity contribution is 5.82. The van der Waals surface area contributed by atoms with Gasteiger partial charge in [-0.05, 0) is 50.4 Å². The number of hydrogen-bond acceptors (Lipinski definition) is 5. The summed E-state index contributed by atoms with van der Waals surface area (Å²) >= 11 is 0. The molecular weight excluding hydrogens is 320 g/mol. The van der Waals surface area contributed by atoms with Crippen LogP contribution < -0.4 is 15.7 Å². The molecule has 0 saturated carbocycles. The second-order valence-electron chi connectivity index (χ2n) is 7.15. The van der Waals surface area contributed by atoms with Crippen molar-refractivity contribution in [2.45, 2.75) is 31.7 Å². The van der Waals surface area contributed by atoms with Crippen molar-refractivity contribution >= 4 is 16.9 Å². The van der Waals surface area contributed by atoms with E-state index in [1.54, 1.807) is 12.1 Å². The molecule has 2 saturated heterocycles. The molecule has 1 aromatic carbocycles. The lowest BCUT2D eigenvalue weighted by molar-refractivity contribution is -0.125. The quantitative estimate of drug-likeness (QED) is 0.859. The van der Waals surface area contributed by atoms with Crippen LogP contribution in [0.5, 0.6) is 5.75 Å². The van der Waals surface area contributed by atoms with Crippen molar-refractivity contribution in [2.75, 3.05) is 26.2 Å². The van der Waals surface area contributed by atoms with Gasteiger partial charge in [-0.2, -0.15) is 0 Å². The van der Waals surface area contributed by atoms with Crippen LogP contribution in [0.25, 0.3) is 11.0 Å². The minimum absolute atomic E-state index is 0.0384. The molecule has 1 aromatic heterocycles. The maximum Gasteiger partial charge on any atom is 0.336 e. The van der Waals surface area contributed by atoms with Crippen molar-refractivity contribution in [2.24, 2.45) is 0 Å². The normalized spacial score (nSPS) is 25.1. The number of amides is 1. The molecule has 25 heavy (non-hydrogen) atoms. The van der Waals surface area contributed by atoms with E-state index in [1.165, 1.54) is 6.07 Å². The molecule has 6 nitrogen and oxygen atoms in total. The van der Waals surface area contributed by atoms with Crippen molar-refractivity contribution in [3.63, 3.8) is 0 Å². The third-order valence-electron chi connectivity index (χ3n) is 5.26. The van der Waals surface area contributed by atoms with Gasteiger partial charge < -0.3 is 19.4 Å². The molecule has 6 heteroatoms. The number of hydrogen-bond donors (Lipinski definition) is 1. The summed E-state index contributed by atoms with van der Waals surface area (Å²) in [6, 6.07) is 6.76. The molecule has 2 aliphatic rings. The number of aryl methyl sites for hydroxylation is 1. The predicted molar refractivity (Wildman–Crippen MR) is 93.9 cm³/mol. The van der Waals surface area contributed by atoms with E-state index in [1.807, 2.05) is 13.0 Å². The average Bonchev–Trinajstić information content (AvgIpc) is 2.86. The van der Waals surface area contributed by atoms with E-state index in [0.29, 0.717) is 11.3 Å². The molecule has 0 aliphatic carbocycles. The van der Waals surface area contributed by atoms with Crippen molar-refractivity contribution in [1.82, 2.24) is 10.2 Å². The number of rotatable bonds is 4. The standard InChI is InChI=1S/C19H22N2O4/c1-13-9-18(23)25-16-10-14(3-4-15(13)16)24-11-17(22)20-19-5-2-7-21(12-19)8-6-19/h3-4,9-10H,2,5-8,11-12H2,1H3,(H,20,22). The minimum atomic E-state index is -0.387. The highest BCUT2D eigenvalue weighted by Gasteiger charge is 2.41. The molecule has 1 amide bonds. The van der Waals surface area contributed by atoms with Crippen molar-refractivity contribution in [3.05, 3.63) is 40.2 Å². The van der Waals surface area contributed by atoms with Gasteiger partial charge in [-0.15, -0.1) is 0 Å². The van der Waals surface area contributed by atoms with E-state index in [4.69, 9.17) is 9.15 Å². The van der Waals surface area contributed by atoms with Crippen LogP contribution in [0.4, 0.5) is 0 Å². The number of nitrogens with one attached hydrogen (secondary N) is 1. The fraction of sp³-hybridized carbons (Fsp3) is 0.474. The Morgan fingerprint density at radius 3 is 3.08 bits per heavy atom. The molecule has 1 N–H and O–H groups in total. The fourth-order valence-corrected chi connectivity index (χ4v) is 4.03. The first kappa shape index (κ1) is 16.1. The monoisotopic (exact) mass is 342 g/mol. The van der Waals surface area contributed by atoms with Gasteiger partial charge in [0.2, 0.25) is 0 Å². The maximum absolute atomic E-state index is 12.3. The fourth-order valence-electron chi connectivity index (χ4n) is 4.03. The van der Waals surface area contributed by atoms with Gasteiger partial charge in [0.05, 0.1) is 5.54 Å². The van der Waals surface area contributed by atoms with E-state index >= 15 is 0 Å². The Bertz CT molecular complexity index is 871. The van der Waals surface area contributed by atoms with Crippen molar-refractivity contribution in [1.29, 1.82) is 0 Å². The van der Waals surface area contributed by atoms with E-state index in [2.05, 4.69) is 10.2 Å². The highest BCUT2D eigenvalue weighted by Crippen LogP contribution is 2.31. The maximum atomic E-state index is 12.3. The molecule has 2 unspecified atom stereocenters. The third-order valence-corrected chi connectivity index (χ3v) is 5.26. The summed E-state index contributed by atoms with van der Waals surface area (Å²) in [6.45, 7) is 4.96. The van der Waals surface area contributed by atoms with E-state index < -0.39 is 0 Å². The average molecular weight is 342 g/mol. The summed E-state index contributed by atoms with van der Waals surface area (Å²) in [6.07, 6.45) is 3.18. The zero-order valence-electron chi connectivity index (χ0n) is 14.3. The predicted octanol–water partition coefficient (Wildman–Crippen LogP) is 1.83. The molecule has 2 fully saturated rings. The highest BCUT2D eigenvalue weighted by atomic mass is 16.5. The SMILES string of the molecule is Cc1cc(=O)oc2cc(OCC(=O)NC34CCCN(CC3)C4)ccc12. The Morgan fingerprint density at radius 1 is 1.32 bits per heavy atom. The first-order valence-corrected chi connectivity index (χ1v) is 8.74. The second kappa shape index (κ2) is 6.19. The molecule has 0 radical (unpaired) electrons. The van der Waals surface area contributed by atoms with Crippen LogP contribution in [-0.2, 0) is 4.79 Å². The molecule has 0 spiro atoms. The Balaban J connectivity index is 1.42. The molecule has 132 valence electrons. The molecule has 4 rings (SSSR count). The summed E-state index contributed by atoms with van der Waals surface area (Å²) in [4.78, 5) is 26.2. The minimum Gasteiger partial charge on any atom is -0.484 e. The van der Waals surface area contributed by atoms with Crippen LogP contribution in [-0.4, -0.2) is 42.6 Å². The summed E-state index contributed by atoms with van der Waals surface area (Å²) < 4.78 is 10.8. The van der Waals surface area contributed by atoms with Gasteiger partial charge in [0.1, 0.15) is 11.3 Å².